The van der Waals surface area contributed by atoms with Crippen LogP contribution in [0.1, 0.15) is 15.9 Å². The zero-order valence-electron chi connectivity index (χ0n) is 13.8. The summed E-state index contributed by atoms with van der Waals surface area (Å²) in [5.41, 5.74) is 2.06. The zero-order valence-corrected chi connectivity index (χ0v) is 14.5. The Morgan fingerprint density at radius 3 is 2.46 bits per heavy atom. The van der Waals surface area contributed by atoms with E-state index in [0.717, 1.165) is 5.56 Å². The van der Waals surface area contributed by atoms with Gasteiger partial charge < -0.3 is 4.74 Å². The highest BCUT2D eigenvalue weighted by molar-refractivity contribution is 6.30. The molecule has 1 heterocycles. The average molecular weight is 372 g/mol. The molecule has 0 amide bonds. The number of nitrogens with zero attached hydrogens (tertiary/aromatic N) is 3. The molecule has 0 unspecified atom stereocenters. The number of aromatic nitrogens is 2. The number of non-ortho nitro benzene ring substituents is 1. The number of carbonyl (C=O) groups is 1. The zero-order chi connectivity index (χ0) is 18.7. The molecule has 1 aromatic heterocycles. The monoisotopic (exact) mass is 371 g/mol. The lowest BCUT2D eigenvalue weighted by atomic mass is 10.1. The van der Waals surface area contributed by atoms with Crippen LogP contribution >= 0.6 is 11.6 Å². The van der Waals surface area contributed by atoms with Gasteiger partial charge in [0.15, 0.2) is 0 Å². The molecule has 0 aliphatic carbocycles. The maximum absolute atomic E-state index is 12.5. The number of hydrogen-bond acceptors (Lipinski definition) is 5. The van der Waals surface area contributed by atoms with Gasteiger partial charge in [-0.2, -0.15) is 5.10 Å². The third kappa shape index (κ3) is 3.89. The Morgan fingerprint density at radius 1 is 1.19 bits per heavy atom. The van der Waals surface area contributed by atoms with Crippen LogP contribution in [0.5, 0.6) is 0 Å². The third-order valence-electron chi connectivity index (χ3n) is 3.68. The first-order chi connectivity index (χ1) is 12.4. The Labute approximate surface area is 153 Å². The predicted octanol–water partition coefficient (Wildman–Crippen LogP) is 4.01. The van der Waals surface area contributed by atoms with E-state index in [9.17, 15) is 14.9 Å². The summed E-state index contributed by atoms with van der Waals surface area (Å²) in [5.74, 6) is -0.526. The highest BCUT2D eigenvalue weighted by Crippen LogP contribution is 2.25. The van der Waals surface area contributed by atoms with Gasteiger partial charge in [-0.3, -0.25) is 14.8 Å². The number of nitro benzene ring substituents is 1. The largest absolute Gasteiger partial charge is 0.457 e. The van der Waals surface area contributed by atoms with Crippen molar-refractivity contribution in [3.05, 3.63) is 81.0 Å². The molecule has 132 valence electrons. The van der Waals surface area contributed by atoms with Gasteiger partial charge in [0.2, 0.25) is 0 Å². The van der Waals surface area contributed by atoms with Crippen LogP contribution in [-0.4, -0.2) is 20.7 Å². The second-order valence-corrected chi connectivity index (χ2v) is 6.01. The fraction of sp³-hybridized carbons (Fsp3) is 0.111. The number of nitro groups is 1. The van der Waals surface area contributed by atoms with Crippen LogP contribution < -0.4 is 0 Å². The first-order valence-electron chi connectivity index (χ1n) is 7.64. The second kappa shape index (κ2) is 7.37. The van der Waals surface area contributed by atoms with Gasteiger partial charge in [-0.05, 0) is 29.8 Å². The van der Waals surface area contributed by atoms with Crippen LogP contribution in [0.4, 0.5) is 5.69 Å². The summed E-state index contributed by atoms with van der Waals surface area (Å²) >= 11 is 5.83. The fourth-order valence-corrected chi connectivity index (χ4v) is 2.53. The molecule has 0 bridgehead atoms. The summed E-state index contributed by atoms with van der Waals surface area (Å²) in [6.45, 7) is 0.102. The summed E-state index contributed by atoms with van der Waals surface area (Å²) in [7, 11) is 1.69. The highest BCUT2D eigenvalue weighted by Gasteiger charge is 2.19. The SMILES string of the molecule is Cn1cc(C(=O)OCc2ccc(Cl)cc2)c(-c2ccc([N+](=O)[O-])cc2)n1. The highest BCUT2D eigenvalue weighted by atomic mass is 35.5. The predicted molar refractivity (Wildman–Crippen MR) is 95.9 cm³/mol. The minimum absolute atomic E-state index is 0.0310. The lowest BCUT2D eigenvalue weighted by Crippen LogP contribution is -2.05. The number of rotatable bonds is 5. The van der Waals surface area contributed by atoms with Crippen molar-refractivity contribution in [3.8, 4) is 11.3 Å². The lowest BCUT2D eigenvalue weighted by Gasteiger charge is -2.05. The van der Waals surface area contributed by atoms with Gasteiger partial charge in [-0.15, -0.1) is 0 Å². The maximum atomic E-state index is 12.5. The minimum Gasteiger partial charge on any atom is -0.457 e. The van der Waals surface area contributed by atoms with E-state index < -0.39 is 10.9 Å². The van der Waals surface area contributed by atoms with Crippen molar-refractivity contribution in [1.29, 1.82) is 0 Å². The van der Waals surface area contributed by atoms with Crippen molar-refractivity contribution in [2.45, 2.75) is 6.61 Å². The van der Waals surface area contributed by atoms with Crippen molar-refractivity contribution < 1.29 is 14.5 Å². The van der Waals surface area contributed by atoms with Gasteiger partial charge >= 0.3 is 5.97 Å². The van der Waals surface area contributed by atoms with Crippen LogP contribution in [0.3, 0.4) is 0 Å². The van der Waals surface area contributed by atoms with Crippen LogP contribution in [0, 0.1) is 10.1 Å². The molecule has 0 saturated heterocycles. The van der Waals surface area contributed by atoms with E-state index in [-0.39, 0.29) is 17.9 Å². The third-order valence-corrected chi connectivity index (χ3v) is 3.94. The number of hydrogen-bond donors (Lipinski definition) is 0. The number of ether oxygens (including phenoxy) is 1. The average Bonchev–Trinajstić information content (AvgIpc) is 3.03. The molecule has 2 aromatic carbocycles. The molecule has 7 nitrogen and oxygen atoms in total. The Hall–Kier alpha value is -3.19. The number of benzene rings is 2. The molecule has 0 aliphatic heterocycles. The Bertz CT molecular complexity index is 950. The van der Waals surface area contributed by atoms with Gasteiger partial charge in [0.05, 0.1) is 4.92 Å². The first-order valence-corrected chi connectivity index (χ1v) is 8.02. The number of aryl methyl sites for hydroxylation is 1. The normalized spacial score (nSPS) is 10.5. The van der Waals surface area contributed by atoms with Crippen LogP contribution in [0.2, 0.25) is 5.02 Å². The molecule has 3 rings (SSSR count). The second-order valence-electron chi connectivity index (χ2n) is 5.57. The van der Waals surface area contributed by atoms with E-state index in [4.69, 9.17) is 16.3 Å². The van der Waals surface area contributed by atoms with Crippen molar-refractivity contribution in [1.82, 2.24) is 9.78 Å². The molecule has 0 atom stereocenters. The molecule has 8 heteroatoms. The van der Waals surface area contributed by atoms with Crippen molar-refractivity contribution in [2.75, 3.05) is 0 Å². The Morgan fingerprint density at radius 2 is 1.85 bits per heavy atom. The van der Waals surface area contributed by atoms with E-state index in [1.54, 1.807) is 49.6 Å². The number of esters is 1. The van der Waals surface area contributed by atoms with E-state index in [1.807, 2.05) is 0 Å². The summed E-state index contributed by atoms with van der Waals surface area (Å²) in [6.07, 6.45) is 1.56. The van der Waals surface area contributed by atoms with Gasteiger partial charge in [0.25, 0.3) is 5.69 Å². The summed E-state index contributed by atoms with van der Waals surface area (Å²) in [5, 5.41) is 15.6. The summed E-state index contributed by atoms with van der Waals surface area (Å²) in [6, 6.07) is 12.8. The van der Waals surface area contributed by atoms with Crippen molar-refractivity contribution >= 4 is 23.3 Å². The number of halogens is 1. The maximum Gasteiger partial charge on any atom is 0.342 e. The molecular weight excluding hydrogens is 358 g/mol. The molecule has 26 heavy (non-hydrogen) atoms. The van der Waals surface area contributed by atoms with Crippen molar-refractivity contribution in [3.63, 3.8) is 0 Å². The molecule has 0 aliphatic rings. The summed E-state index contributed by atoms with van der Waals surface area (Å²) in [4.78, 5) is 22.7. The first kappa shape index (κ1) is 17.6. The quantitative estimate of drug-likeness (QED) is 0.384. The minimum atomic E-state index is -0.526. The van der Waals surface area contributed by atoms with E-state index in [1.165, 1.54) is 16.8 Å². The molecule has 3 aromatic rings. The molecule has 0 N–H and O–H groups in total. The van der Waals surface area contributed by atoms with E-state index in [0.29, 0.717) is 16.3 Å². The molecule has 0 saturated carbocycles. The fourth-order valence-electron chi connectivity index (χ4n) is 2.40. The van der Waals surface area contributed by atoms with Gasteiger partial charge in [0, 0.05) is 36.0 Å². The topological polar surface area (TPSA) is 87.3 Å². The lowest BCUT2D eigenvalue weighted by molar-refractivity contribution is -0.384. The van der Waals surface area contributed by atoms with E-state index in [2.05, 4.69) is 5.10 Å². The standard InChI is InChI=1S/C18H14ClN3O4/c1-21-10-16(18(23)26-11-12-2-6-14(19)7-3-12)17(20-21)13-4-8-15(9-5-13)22(24)25/h2-10H,11H2,1H3. The Kier molecular flexibility index (Phi) is 4.99. The van der Waals surface area contributed by atoms with Gasteiger partial charge in [-0.25, -0.2) is 4.79 Å². The van der Waals surface area contributed by atoms with Crippen molar-refractivity contribution in [2.24, 2.45) is 7.05 Å². The van der Waals surface area contributed by atoms with Gasteiger partial charge in [0.1, 0.15) is 17.9 Å². The van der Waals surface area contributed by atoms with Gasteiger partial charge in [-0.1, -0.05) is 23.7 Å². The molecular formula is C18H14ClN3O4. The molecule has 0 radical (unpaired) electrons. The smallest absolute Gasteiger partial charge is 0.342 e. The summed E-state index contributed by atoms with van der Waals surface area (Å²) < 4.78 is 6.84. The molecule has 0 spiro atoms. The van der Waals surface area contributed by atoms with Crippen LogP contribution in [0.15, 0.2) is 54.7 Å². The Balaban J connectivity index is 1.80. The van der Waals surface area contributed by atoms with Crippen LogP contribution in [0.25, 0.3) is 11.3 Å². The van der Waals surface area contributed by atoms with E-state index >= 15 is 0 Å². The number of carbonyl (C=O) groups excluding carboxylic acids is 1. The van der Waals surface area contributed by atoms with Crippen LogP contribution in [-0.2, 0) is 18.4 Å². The molecule has 0 fully saturated rings.